The number of ether oxygens (including phenoxy) is 2. The van der Waals surface area contributed by atoms with Crippen LogP contribution in [0.4, 0.5) is 0 Å². The van der Waals surface area contributed by atoms with Gasteiger partial charge in [-0.15, -0.1) is 0 Å². The third kappa shape index (κ3) is 18.6. The van der Waals surface area contributed by atoms with Crippen molar-refractivity contribution in [3.8, 4) is 0 Å². The van der Waals surface area contributed by atoms with E-state index >= 15 is 0 Å². The lowest BCUT2D eigenvalue weighted by atomic mass is 9.55. The monoisotopic (exact) mass is 872 g/mol. The van der Waals surface area contributed by atoms with Crippen molar-refractivity contribution in [1.29, 1.82) is 0 Å². The lowest BCUT2D eigenvalue weighted by molar-refractivity contribution is -0.262. The Bertz CT molecular complexity index is 1410. The Morgan fingerprint density at radius 3 is 0.667 bits per heavy atom. The Morgan fingerprint density at radius 1 is 0.317 bits per heavy atom. The molecule has 12 N–H and O–H groups in total. The largest absolute Gasteiger partial charge is 0.481 e. The van der Waals surface area contributed by atoms with Crippen molar-refractivity contribution < 1.29 is 128 Å². The molecule has 0 atom stereocenters. The summed E-state index contributed by atoms with van der Waals surface area (Å²) < 4.78 is 11.1. The minimum absolute atomic E-state index is 0.406. The molecule has 0 aromatic carbocycles. The summed E-state index contributed by atoms with van der Waals surface area (Å²) in [6, 6.07) is 0. The lowest BCUT2D eigenvalue weighted by Gasteiger charge is -2.57. The SMILES string of the molecule is O=C(O)CC(=O)COC(CC(=O)CC(=O)O)(CC(=O)CC(=O)O)C(CO)(CO)C(CC(=O)CC(=O)O)(CC(=O)CC(=O)O)OCC(=O)CC(=O)O.OCC(CO)(CO)CO. The maximum absolute atomic E-state index is 13.1. The predicted octanol–water partition coefficient (Wildman–Crippen LogP) is -4.77. The van der Waals surface area contributed by atoms with Gasteiger partial charge in [0.2, 0.25) is 0 Å². The van der Waals surface area contributed by atoms with Gasteiger partial charge in [-0.25, -0.2) is 0 Å². The summed E-state index contributed by atoms with van der Waals surface area (Å²) in [7, 11) is 0. The second kappa shape index (κ2) is 26.6. The van der Waals surface area contributed by atoms with Crippen LogP contribution in [-0.4, -0.2) is 196 Å². The molecule has 26 heteroatoms. The topological polar surface area (TPSA) is 466 Å². The van der Waals surface area contributed by atoms with E-state index in [1.54, 1.807) is 0 Å². The Morgan fingerprint density at radius 2 is 0.517 bits per heavy atom. The number of carboxylic acids is 6. The van der Waals surface area contributed by atoms with E-state index in [9.17, 15) is 88.2 Å². The zero-order valence-electron chi connectivity index (χ0n) is 31.8. The lowest BCUT2D eigenvalue weighted by Crippen LogP contribution is -2.70. The molecule has 0 rings (SSSR count). The highest BCUT2D eigenvalue weighted by Crippen LogP contribution is 2.53. The third-order valence-electron chi connectivity index (χ3n) is 8.67. The maximum atomic E-state index is 13.1. The van der Waals surface area contributed by atoms with Crippen LogP contribution in [0.3, 0.4) is 0 Å². The zero-order chi connectivity index (χ0) is 47.1. The quantitative estimate of drug-likeness (QED) is 0.0270. The molecule has 0 aliphatic rings. The highest BCUT2D eigenvalue weighted by Gasteiger charge is 2.66. The smallest absolute Gasteiger partial charge is 0.310 e. The summed E-state index contributed by atoms with van der Waals surface area (Å²) >= 11 is 0. The van der Waals surface area contributed by atoms with Gasteiger partial charge in [-0.2, -0.15) is 0 Å². The molecule has 0 aromatic heterocycles. The minimum Gasteiger partial charge on any atom is -0.481 e. The molecule has 0 amide bonds. The van der Waals surface area contributed by atoms with Gasteiger partial charge in [0.25, 0.3) is 0 Å². The van der Waals surface area contributed by atoms with Crippen LogP contribution >= 0.6 is 0 Å². The van der Waals surface area contributed by atoms with Crippen molar-refractivity contribution in [3.63, 3.8) is 0 Å². The second-order valence-corrected chi connectivity index (χ2v) is 13.5. The molecule has 0 bridgehead atoms. The van der Waals surface area contributed by atoms with Crippen LogP contribution in [0.5, 0.6) is 0 Å². The number of aliphatic hydroxyl groups is 6. The molecule has 60 heavy (non-hydrogen) atoms. The average molecular weight is 873 g/mol. The van der Waals surface area contributed by atoms with E-state index in [1.165, 1.54) is 0 Å². The molecule has 26 nitrogen and oxygen atoms in total. The summed E-state index contributed by atoms with van der Waals surface area (Å²) in [6.45, 7) is -8.21. The predicted molar refractivity (Wildman–Crippen MR) is 187 cm³/mol. The van der Waals surface area contributed by atoms with E-state index in [0.717, 1.165) is 0 Å². The summed E-state index contributed by atoms with van der Waals surface area (Å²) in [5.74, 6) is -19.6. The van der Waals surface area contributed by atoms with Gasteiger partial charge < -0.3 is 70.8 Å². The Hall–Kier alpha value is -5.48. The number of Topliss-reactive ketones (excluding diaryl/α,β-unsaturated/α-hetero) is 6. The second-order valence-electron chi connectivity index (χ2n) is 13.5. The number of aliphatic carboxylic acids is 6. The van der Waals surface area contributed by atoms with Crippen molar-refractivity contribution in [2.24, 2.45) is 10.8 Å². The molecule has 0 fully saturated rings. The third-order valence-corrected chi connectivity index (χ3v) is 8.67. The maximum Gasteiger partial charge on any atom is 0.310 e. The highest BCUT2D eigenvalue weighted by atomic mass is 16.5. The van der Waals surface area contributed by atoms with E-state index in [-0.39, 0.29) is 0 Å². The number of hydrogen-bond acceptors (Lipinski definition) is 20. The molecule has 0 saturated carbocycles. The van der Waals surface area contributed by atoms with Crippen LogP contribution in [0.15, 0.2) is 0 Å². The molecule has 0 spiro atoms. The fraction of sp³-hybridized carbons (Fsp3) is 0.647. The van der Waals surface area contributed by atoms with Crippen molar-refractivity contribution in [2.75, 3.05) is 52.9 Å². The van der Waals surface area contributed by atoms with Gasteiger partial charge in [0, 0.05) is 25.7 Å². The molecule has 0 saturated heterocycles. The fourth-order valence-electron chi connectivity index (χ4n) is 5.70. The molecule has 0 radical (unpaired) electrons. The van der Waals surface area contributed by atoms with Crippen LogP contribution in [0.25, 0.3) is 0 Å². The molecular weight excluding hydrogens is 824 g/mol. The van der Waals surface area contributed by atoms with E-state index < -0.39 is 210 Å². The summed E-state index contributed by atoms with van der Waals surface area (Å²) in [4.78, 5) is 146. The molecule has 0 heterocycles. The number of rotatable bonds is 34. The Kier molecular flexibility index (Phi) is 25.1. The number of carbonyl (C=O) groups is 12. The van der Waals surface area contributed by atoms with Gasteiger partial charge in [-0.05, 0) is 0 Å². The number of hydrogen-bond donors (Lipinski definition) is 12. The van der Waals surface area contributed by atoms with Gasteiger partial charge in [0.05, 0.1) is 61.7 Å². The standard InChI is InChI=1S/C29H36O22.C5H12O4/c30-13-27(14-31,28(7-15(32)1-21(38)39,8-16(33)2-22(40)41)50-11-19(36)5-25(46)47)29(9-17(34)3-23(42)43,10-18(35)4-24(44)45)51-12-20(37)6-26(48)49;6-1-5(2-7,3-8)4-9/h30-31H,1-14H2,(H,38,39)(H,40,41)(H,42,43)(H,44,45)(H,46,47)(H,48,49);6-9H,1-4H2. The van der Waals surface area contributed by atoms with Crippen molar-refractivity contribution in [1.82, 2.24) is 0 Å². The molecule has 0 unspecified atom stereocenters. The van der Waals surface area contributed by atoms with Crippen molar-refractivity contribution in [3.05, 3.63) is 0 Å². The van der Waals surface area contributed by atoms with E-state index in [1.807, 2.05) is 0 Å². The highest BCUT2D eigenvalue weighted by molar-refractivity contribution is 6.00. The van der Waals surface area contributed by atoms with Gasteiger partial charge >= 0.3 is 35.8 Å². The van der Waals surface area contributed by atoms with Crippen LogP contribution in [0.2, 0.25) is 0 Å². The van der Waals surface area contributed by atoms with Gasteiger partial charge in [-0.3, -0.25) is 57.5 Å². The van der Waals surface area contributed by atoms with E-state index in [0.29, 0.717) is 0 Å². The van der Waals surface area contributed by atoms with Crippen LogP contribution in [-0.2, 0) is 67.0 Å². The van der Waals surface area contributed by atoms with Gasteiger partial charge in [-0.1, -0.05) is 0 Å². The van der Waals surface area contributed by atoms with E-state index in [4.69, 9.17) is 40.1 Å². The zero-order valence-corrected chi connectivity index (χ0v) is 31.8. The first-order chi connectivity index (χ1) is 27.7. The minimum atomic E-state index is -3.25. The van der Waals surface area contributed by atoms with Crippen LogP contribution < -0.4 is 0 Å². The first kappa shape index (κ1) is 56.6. The van der Waals surface area contributed by atoms with Crippen LogP contribution in [0, 0.1) is 10.8 Å². The van der Waals surface area contributed by atoms with Crippen molar-refractivity contribution in [2.45, 2.75) is 75.4 Å². The van der Waals surface area contributed by atoms with Gasteiger partial charge in [0.1, 0.15) is 74.9 Å². The fourth-order valence-corrected chi connectivity index (χ4v) is 5.70. The molecule has 340 valence electrons. The summed E-state index contributed by atoms with van der Waals surface area (Å²) in [6.07, 6.45) is -14.7. The molecule has 0 aromatic rings. The molecular formula is C34H48O26. The van der Waals surface area contributed by atoms with Crippen LogP contribution in [0.1, 0.15) is 64.2 Å². The number of ketones is 6. The van der Waals surface area contributed by atoms with Crippen molar-refractivity contribution >= 4 is 70.5 Å². The normalized spacial score (nSPS) is 11.7. The molecule has 0 aliphatic heterocycles. The number of carbonyl (C=O) groups excluding carboxylic acids is 6. The summed E-state index contributed by atoms with van der Waals surface area (Å²) in [5.41, 5.74) is -10.8. The number of carboxylic acid groups (broad SMARTS) is 6. The first-order valence-electron chi connectivity index (χ1n) is 17.1. The summed E-state index contributed by atoms with van der Waals surface area (Å²) in [5, 5.41) is 111. The molecule has 0 aliphatic carbocycles. The average Bonchev–Trinajstić information content (AvgIpc) is 3.10. The Balaban J connectivity index is 0. The van der Waals surface area contributed by atoms with Gasteiger partial charge in [0.15, 0.2) is 11.6 Å². The number of aliphatic hydroxyl groups excluding tert-OH is 6. The Labute approximate surface area is 337 Å². The van der Waals surface area contributed by atoms with E-state index in [2.05, 4.69) is 0 Å². The first-order valence-corrected chi connectivity index (χ1v) is 17.1.